The summed E-state index contributed by atoms with van der Waals surface area (Å²) in [7, 11) is -3.82. The maximum atomic E-state index is 12.4. The average Bonchev–Trinajstić information content (AvgIpc) is 3.21. The molecule has 0 aliphatic carbocycles. The van der Waals surface area contributed by atoms with E-state index < -0.39 is 20.9 Å². The Morgan fingerprint density at radius 3 is 2.44 bits per heavy atom. The van der Waals surface area contributed by atoms with Crippen molar-refractivity contribution in [3.63, 3.8) is 0 Å². The fraction of sp³-hybridized carbons (Fsp3) is 0. The van der Waals surface area contributed by atoms with Crippen molar-refractivity contribution in [2.45, 2.75) is 4.90 Å². The second kappa shape index (κ2) is 9.03. The lowest BCUT2D eigenvalue weighted by molar-refractivity contribution is -0.384. The molecule has 0 fully saturated rings. The molecule has 3 aromatic rings. The Kier molecular flexibility index (Phi) is 6.40. The van der Waals surface area contributed by atoms with Crippen LogP contribution in [0.5, 0.6) is 0 Å². The van der Waals surface area contributed by atoms with Gasteiger partial charge in [-0.3, -0.25) is 14.9 Å². The molecule has 10 nitrogen and oxygen atoms in total. The summed E-state index contributed by atoms with van der Waals surface area (Å²) in [6.45, 7) is 0. The molecule has 32 heavy (non-hydrogen) atoms. The second-order valence-corrected chi connectivity index (χ2v) is 8.29. The number of non-ortho nitro benzene ring substituents is 1. The zero-order chi connectivity index (χ0) is 23.5. The molecule has 0 bridgehead atoms. The maximum Gasteiger partial charge on any atom is 0.271 e. The van der Waals surface area contributed by atoms with Crippen LogP contribution in [0.1, 0.15) is 5.76 Å². The Morgan fingerprint density at radius 2 is 1.88 bits per heavy atom. The monoisotopic (exact) mass is 472 g/mol. The zero-order valence-corrected chi connectivity index (χ0v) is 17.6. The maximum absolute atomic E-state index is 12.4. The standard InChI is InChI=1S/C20H13ClN4O6S/c21-17-10-14(25(27)28)3-7-18(17)24-20(26)13(11-22)9-15-4-8-19(31-15)12-1-5-16(6-2-12)32(23,29)30/h1-10H,(H,24,26)(H2,23,29,30)/b13-9+. The number of halogens is 1. The Bertz CT molecular complexity index is 1390. The third-order valence-electron chi connectivity index (χ3n) is 4.16. The summed E-state index contributed by atoms with van der Waals surface area (Å²) in [5, 5.41) is 27.5. The molecule has 0 aliphatic heterocycles. The molecule has 2 aromatic carbocycles. The first-order valence-corrected chi connectivity index (χ1v) is 10.6. The van der Waals surface area contributed by atoms with E-state index in [4.69, 9.17) is 21.2 Å². The van der Waals surface area contributed by atoms with Crippen LogP contribution >= 0.6 is 11.6 Å². The molecule has 3 rings (SSSR count). The van der Waals surface area contributed by atoms with Crippen LogP contribution in [0.2, 0.25) is 5.02 Å². The summed E-state index contributed by atoms with van der Waals surface area (Å²) in [5.74, 6) is -0.232. The molecule has 0 saturated carbocycles. The molecule has 1 heterocycles. The molecule has 0 radical (unpaired) electrons. The van der Waals surface area contributed by atoms with Gasteiger partial charge in [0.25, 0.3) is 11.6 Å². The molecule has 0 saturated heterocycles. The smallest absolute Gasteiger partial charge is 0.271 e. The summed E-state index contributed by atoms with van der Waals surface area (Å²) in [5.41, 5.74) is 0.102. The van der Waals surface area contributed by atoms with Crippen molar-refractivity contribution in [2.75, 3.05) is 5.32 Å². The summed E-state index contributed by atoms with van der Waals surface area (Å²) in [6, 6.07) is 14.0. The topological polar surface area (TPSA) is 169 Å². The van der Waals surface area contributed by atoms with E-state index in [2.05, 4.69) is 5.32 Å². The van der Waals surface area contributed by atoms with Crippen LogP contribution < -0.4 is 10.5 Å². The normalized spacial score (nSPS) is 11.6. The molecule has 12 heteroatoms. The molecule has 3 N–H and O–H groups in total. The number of amides is 1. The van der Waals surface area contributed by atoms with Gasteiger partial charge in [-0.25, -0.2) is 13.6 Å². The molecule has 162 valence electrons. The minimum atomic E-state index is -3.82. The minimum absolute atomic E-state index is 0.0544. The Morgan fingerprint density at radius 1 is 1.19 bits per heavy atom. The molecule has 0 atom stereocenters. The quantitative estimate of drug-likeness (QED) is 0.238. The van der Waals surface area contributed by atoms with E-state index in [9.17, 15) is 28.6 Å². The first-order valence-electron chi connectivity index (χ1n) is 8.68. The SMILES string of the molecule is N#C/C(=C\c1ccc(-c2ccc(S(N)(=O)=O)cc2)o1)C(=O)Nc1ccc([N+](=O)[O-])cc1Cl. The molecular weight excluding hydrogens is 460 g/mol. The van der Waals surface area contributed by atoms with Gasteiger partial charge in [-0.05, 0) is 42.5 Å². The summed E-state index contributed by atoms with van der Waals surface area (Å²) in [4.78, 5) is 22.5. The van der Waals surface area contributed by atoms with Gasteiger partial charge in [0.2, 0.25) is 10.0 Å². The van der Waals surface area contributed by atoms with Crippen molar-refractivity contribution in [1.82, 2.24) is 0 Å². The van der Waals surface area contributed by atoms with Crippen molar-refractivity contribution in [3.05, 3.63) is 81.1 Å². The van der Waals surface area contributed by atoms with E-state index in [0.29, 0.717) is 11.3 Å². The number of furan rings is 1. The molecule has 0 spiro atoms. The van der Waals surface area contributed by atoms with E-state index in [1.54, 1.807) is 12.1 Å². The Hall–Kier alpha value is -3.98. The van der Waals surface area contributed by atoms with E-state index in [0.717, 1.165) is 12.1 Å². The van der Waals surface area contributed by atoms with Crippen molar-refractivity contribution in [3.8, 4) is 17.4 Å². The van der Waals surface area contributed by atoms with Gasteiger partial charge in [0.05, 0.1) is 20.5 Å². The first-order chi connectivity index (χ1) is 15.1. The number of nitro benzene ring substituents is 1. The van der Waals surface area contributed by atoms with Crippen molar-refractivity contribution in [2.24, 2.45) is 5.14 Å². The lowest BCUT2D eigenvalue weighted by atomic mass is 10.2. The van der Waals surface area contributed by atoms with Crippen molar-refractivity contribution < 1.29 is 22.6 Å². The van der Waals surface area contributed by atoms with Gasteiger partial charge >= 0.3 is 0 Å². The Balaban J connectivity index is 1.80. The highest BCUT2D eigenvalue weighted by atomic mass is 35.5. The first kappa shape index (κ1) is 22.7. The van der Waals surface area contributed by atoms with Crippen molar-refractivity contribution >= 4 is 45.0 Å². The van der Waals surface area contributed by atoms with Gasteiger partial charge in [-0.2, -0.15) is 5.26 Å². The highest BCUT2D eigenvalue weighted by Crippen LogP contribution is 2.28. The average molecular weight is 473 g/mol. The number of nitrogens with two attached hydrogens (primary N) is 1. The third-order valence-corrected chi connectivity index (χ3v) is 5.40. The van der Waals surface area contributed by atoms with E-state index >= 15 is 0 Å². The highest BCUT2D eigenvalue weighted by Gasteiger charge is 2.15. The molecule has 1 amide bonds. The van der Waals surface area contributed by atoms with E-state index in [1.807, 2.05) is 0 Å². The fourth-order valence-electron chi connectivity index (χ4n) is 2.59. The number of anilines is 1. The molecule has 0 aliphatic rings. The number of benzene rings is 2. The lowest BCUT2D eigenvalue weighted by Crippen LogP contribution is -2.13. The highest BCUT2D eigenvalue weighted by molar-refractivity contribution is 7.89. The molecule has 1 aromatic heterocycles. The number of carbonyl (C=O) groups is 1. The van der Waals surface area contributed by atoms with Crippen molar-refractivity contribution in [1.29, 1.82) is 5.26 Å². The predicted octanol–water partition coefficient (Wildman–Crippen LogP) is 3.70. The van der Waals surface area contributed by atoms with Crippen LogP contribution in [0.3, 0.4) is 0 Å². The van der Waals surface area contributed by atoms with Crippen LogP contribution in [0.25, 0.3) is 17.4 Å². The minimum Gasteiger partial charge on any atom is -0.457 e. The third kappa shape index (κ3) is 5.19. The van der Waals surface area contributed by atoms with E-state index in [1.165, 1.54) is 42.5 Å². The van der Waals surface area contributed by atoms with Crippen LogP contribution in [0.15, 0.2) is 69.5 Å². The summed E-state index contributed by atoms with van der Waals surface area (Å²) < 4.78 is 28.3. The molecular formula is C20H13ClN4O6S. The number of hydrogen-bond acceptors (Lipinski definition) is 7. The number of nitriles is 1. The van der Waals surface area contributed by atoms with Gasteiger partial charge in [-0.1, -0.05) is 11.6 Å². The van der Waals surface area contributed by atoms with Crippen LogP contribution in [0, 0.1) is 21.4 Å². The van der Waals surface area contributed by atoms with Gasteiger partial charge in [0, 0.05) is 23.8 Å². The van der Waals surface area contributed by atoms with Gasteiger partial charge in [0.1, 0.15) is 23.2 Å². The summed E-state index contributed by atoms with van der Waals surface area (Å²) >= 11 is 5.95. The number of nitro groups is 1. The van der Waals surface area contributed by atoms with E-state index in [-0.39, 0.29) is 32.6 Å². The number of hydrogen-bond donors (Lipinski definition) is 2. The van der Waals surface area contributed by atoms with Gasteiger partial charge < -0.3 is 9.73 Å². The summed E-state index contributed by atoms with van der Waals surface area (Å²) in [6.07, 6.45) is 1.21. The number of carbonyl (C=O) groups excluding carboxylic acids is 1. The number of primary sulfonamides is 1. The fourth-order valence-corrected chi connectivity index (χ4v) is 3.33. The number of sulfonamides is 1. The van der Waals surface area contributed by atoms with Crippen LogP contribution in [-0.2, 0) is 14.8 Å². The number of nitrogens with one attached hydrogen (secondary N) is 1. The predicted molar refractivity (Wildman–Crippen MR) is 116 cm³/mol. The van der Waals surface area contributed by atoms with Crippen LogP contribution in [-0.4, -0.2) is 19.2 Å². The number of nitrogens with zero attached hydrogens (tertiary/aromatic N) is 2. The van der Waals surface area contributed by atoms with Gasteiger partial charge in [0.15, 0.2) is 0 Å². The lowest BCUT2D eigenvalue weighted by Gasteiger charge is -2.06. The number of rotatable bonds is 6. The van der Waals surface area contributed by atoms with Crippen LogP contribution in [0.4, 0.5) is 11.4 Å². The largest absolute Gasteiger partial charge is 0.457 e. The molecule has 0 unspecified atom stereocenters. The zero-order valence-electron chi connectivity index (χ0n) is 16.0. The Labute approximate surface area is 186 Å². The second-order valence-electron chi connectivity index (χ2n) is 6.32. The van der Waals surface area contributed by atoms with Gasteiger partial charge in [-0.15, -0.1) is 0 Å².